The van der Waals surface area contributed by atoms with Crippen molar-refractivity contribution in [2.24, 2.45) is 5.10 Å². The van der Waals surface area contributed by atoms with Gasteiger partial charge in [-0.05, 0) is 79.7 Å². The molecule has 2 N–H and O–H groups in total. The number of phenols is 1. The number of hydrogen-bond donors (Lipinski definition) is 2. The summed E-state index contributed by atoms with van der Waals surface area (Å²) < 4.78 is 12.2. The molecule has 8 heteroatoms. The SMILES string of the molecule is CCOc1cc(/C=N/NC(=O)COc2ccc(-c3ccccc3)cc2Br)cc(Br)c1O. The summed E-state index contributed by atoms with van der Waals surface area (Å²) in [5, 5.41) is 13.9. The van der Waals surface area contributed by atoms with E-state index < -0.39 is 5.91 Å². The van der Waals surface area contributed by atoms with Crippen LogP contribution in [0.3, 0.4) is 0 Å². The van der Waals surface area contributed by atoms with Gasteiger partial charge in [0.15, 0.2) is 18.1 Å². The Morgan fingerprint density at radius 1 is 1.00 bits per heavy atom. The third kappa shape index (κ3) is 6.32. The highest BCUT2D eigenvalue weighted by Crippen LogP contribution is 2.35. The fourth-order valence-corrected chi connectivity index (χ4v) is 3.67. The highest BCUT2D eigenvalue weighted by molar-refractivity contribution is 9.10. The molecule has 0 saturated heterocycles. The van der Waals surface area contributed by atoms with Crippen LogP contribution in [0.2, 0.25) is 0 Å². The highest BCUT2D eigenvalue weighted by atomic mass is 79.9. The number of ether oxygens (including phenoxy) is 2. The average Bonchev–Trinajstić information content (AvgIpc) is 2.77. The van der Waals surface area contributed by atoms with Crippen LogP contribution in [0.25, 0.3) is 11.1 Å². The highest BCUT2D eigenvalue weighted by Gasteiger charge is 2.09. The molecule has 3 rings (SSSR count). The maximum absolute atomic E-state index is 12.1. The monoisotopic (exact) mass is 546 g/mol. The third-order valence-electron chi connectivity index (χ3n) is 4.15. The fourth-order valence-electron chi connectivity index (χ4n) is 2.72. The van der Waals surface area contributed by atoms with E-state index in [1.165, 1.54) is 6.21 Å². The first-order valence-corrected chi connectivity index (χ1v) is 11.0. The van der Waals surface area contributed by atoms with E-state index in [0.717, 1.165) is 15.6 Å². The summed E-state index contributed by atoms with van der Waals surface area (Å²) in [6, 6.07) is 19.0. The van der Waals surface area contributed by atoms with Crippen LogP contribution in [0, 0.1) is 0 Å². The molecule has 3 aromatic carbocycles. The standard InChI is InChI=1S/C23H20Br2N2O4/c1-2-30-21-11-15(10-19(25)23(21)29)13-26-27-22(28)14-31-20-9-8-17(12-18(20)24)16-6-4-3-5-7-16/h3-13,29H,2,14H2,1H3,(H,27,28)/b26-13+. The number of aromatic hydroxyl groups is 1. The van der Waals surface area contributed by atoms with Crippen LogP contribution in [0.1, 0.15) is 12.5 Å². The normalized spacial score (nSPS) is 10.8. The molecule has 0 aromatic heterocycles. The average molecular weight is 548 g/mol. The first kappa shape index (κ1) is 22.8. The van der Waals surface area contributed by atoms with Crippen molar-refractivity contribution >= 4 is 44.0 Å². The van der Waals surface area contributed by atoms with Gasteiger partial charge in [0, 0.05) is 0 Å². The van der Waals surface area contributed by atoms with Crippen LogP contribution < -0.4 is 14.9 Å². The Bertz CT molecular complexity index is 1090. The maximum atomic E-state index is 12.1. The topological polar surface area (TPSA) is 80.2 Å². The lowest BCUT2D eigenvalue weighted by molar-refractivity contribution is -0.123. The van der Waals surface area contributed by atoms with Gasteiger partial charge in [-0.1, -0.05) is 36.4 Å². The van der Waals surface area contributed by atoms with Gasteiger partial charge in [0.1, 0.15) is 5.75 Å². The predicted molar refractivity (Wildman–Crippen MR) is 128 cm³/mol. The van der Waals surface area contributed by atoms with Gasteiger partial charge in [0.25, 0.3) is 5.91 Å². The number of phenolic OH excluding ortho intramolecular Hbond substituents is 1. The molecule has 0 spiro atoms. The third-order valence-corrected chi connectivity index (χ3v) is 5.38. The van der Waals surface area contributed by atoms with Crippen molar-refractivity contribution in [3.63, 3.8) is 0 Å². The molecule has 1 amide bonds. The first-order valence-electron chi connectivity index (χ1n) is 9.43. The van der Waals surface area contributed by atoms with Crippen LogP contribution >= 0.6 is 31.9 Å². The lowest BCUT2D eigenvalue weighted by atomic mass is 10.1. The lowest BCUT2D eigenvalue weighted by Crippen LogP contribution is -2.24. The Kier molecular flexibility index (Phi) is 8.08. The summed E-state index contributed by atoms with van der Waals surface area (Å²) in [5.74, 6) is 0.498. The van der Waals surface area contributed by atoms with E-state index in [-0.39, 0.29) is 12.4 Å². The van der Waals surface area contributed by atoms with Gasteiger partial charge in [-0.3, -0.25) is 4.79 Å². The molecule has 6 nitrogen and oxygen atoms in total. The summed E-state index contributed by atoms with van der Waals surface area (Å²) in [5.41, 5.74) is 5.20. The molecular formula is C23H20Br2N2O4. The Labute approximate surface area is 197 Å². The minimum atomic E-state index is -0.404. The van der Waals surface area contributed by atoms with Gasteiger partial charge >= 0.3 is 0 Å². The van der Waals surface area contributed by atoms with Crippen molar-refractivity contribution in [3.05, 3.63) is 75.2 Å². The number of nitrogens with zero attached hydrogens (tertiary/aromatic N) is 1. The van der Waals surface area contributed by atoms with E-state index in [1.54, 1.807) is 12.1 Å². The quantitative estimate of drug-likeness (QED) is 0.288. The number of rotatable bonds is 8. The second kappa shape index (κ2) is 11.0. The van der Waals surface area contributed by atoms with Gasteiger partial charge in [-0.2, -0.15) is 5.10 Å². The molecule has 0 fully saturated rings. The number of hydrazone groups is 1. The molecule has 0 saturated carbocycles. The van der Waals surface area contributed by atoms with Crippen molar-refractivity contribution in [1.29, 1.82) is 0 Å². The van der Waals surface area contributed by atoms with Gasteiger partial charge in [0.05, 0.1) is 21.8 Å². The largest absolute Gasteiger partial charge is 0.503 e. The van der Waals surface area contributed by atoms with E-state index in [1.807, 2.05) is 55.5 Å². The number of benzene rings is 3. The van der Waals surface area contributed by atoms with Crippen LogP contribution in [0.15, 0.2) is 74.7 Å². The van der Waals surface area contributed by atoms with Gasteiger partial charge in [-0.15, -0.1) is 0 Å². The number of nitrogens with one attached hydrogen (secondary N) is 1. The summed E-state index contributed by atoms with van der Waals surface area (Å²) >= 11 is 6.75. The zero-order valence-electron chi connectivity index (χ0n) is 16.6. The summed E-state index contributed by atoms with van der Waals surface area (Å²) in [6.07, 6.45) is 1.45. The van der Waals surface area contributed by atoms with Crippen LogP contribution in [-0.4, -0.2) is 30.4 Å². The zero-order chi connectivity index (χ0) is 22.2. The van der Waals surface area contributed by atoms with E-state index in [2.05, 4.69) is 42.4 Å². The predicted octanol–water partition coefficient (Wildman–Crippen LogP) is 5.51. The smallest absolute Gasteiger partial charge is 0.277 e. The molecule has 0 unspecified atom stereocenters. The van der Waals surface area contributed by atoms with Gasteiger partial charge < -0.3 is 14.6 Å². The second-order valence-electron chi connectivity index (χ2n) is 6.38. The van der Waals surface area contributed by atoms with Crippen molar-refractivity contribution in [3.8, 4) is 28.4 Å². The number of hydrogen-bond acceptors (Lipinski definition) is 5. The number of carbonyl (C=O) groups is 1. The van der Waals surface area contributed by atoms with E-state index in [9.17, 15) is 9.90 Å². The van der Waals surface area contributed by atoms with E-state index in [4.69, 9.17) is 9.47 Å². The minimum absolute atomic E-state index is 0.0142. The van der Waals surface area contributed by atoms with Crippen molar-refractivity contribution in [2.45, 2.75) is 6.92 Å². The lowest BCUT2D eigenvalue weighted by Gasteiger charge is -2.09. The Morgan fingerprint density at radius 2 is 1.77 bits per heavy atom. The molecule has 0 aliphatic heterocycles. The van der Waals surface area contributed by atoms with E-state index >= 15 is 0 Å². The van der Waals surface area contributed by atoms with Gasteiger partial charge in [-0.25, -0.2) is 5.43 Å². The number of halogens is 2. The maximum Gasteiger partial charge on any atom is 0.277 e. The van der Waals surface area contributed by atoms with E-state index in [0.29, 0.717) is 28.1 Å². The van der Waals surface area contributed by atoms with Crippen LogP contribution in [0.4, 0.5) is 0 Å². The second-order valence-corrected chi connectivity index (χ2v) is 8.08. The van der Waals surface area contributed by atoms with Gasteiger partial charge in [0.2, 0.25) is 0 Å². The van der Waals surface area contributed by atoms with Crippen molar-refractivity contribution in [2.75, 3.05) is 13.2 Å². The molecule has 0 aliphatic rings. The molecular weight excluding hydrogens is 528 g/mol. The zero-order valence-corrected chi connectivity index (χ0v) is 19.8. The summed E-state index contributed by atoms with van der Waals surface area (Å²) in [6.45, 7) is 2.04. The number of amides is 1. The molecule has 160 valence electrons. The molecule has 31 heavy (non-hydrogen) atoms. The Morgan fingerprint density at radius 3 is 2.48 bits per heavy atom. The summed E-state index contributed by atoms with van der Waals surface area (Å²) in [7, 11) is 0. The fraction of sp³-hybridized carbons (Fsp3) is 0.130. The Hall–Kier alpha value is -2.84. The van der Waals surface area contributed by atoms with Crippen LogP contribution in [0.5, 0.6) is 17.2 Å². The van der Waals surface area contributed by atoms with Crippen molar-refractivity contribution < 1.29 is 19.4 Å². The molecule has 0 atom stereocenters. The summed E-state index contributed by atoms with van der Waals surface area (Å²) in [4.78, 5) is 12.1. The van der Waals surface area contributed by atoms with Crippen LogP contribution in [-0.2, 0) is 4.79 Å². The molecule has 0 aliphatic carbocycles. The molecule has 0 radical (unpaired) electrons. The minimum Gasteiger partial charge on any atom is -0.503 e. The van der Waals surface area contributed by atoms with Crippen molar-refractivity contribution in [1.82, 2.24) is 5.43 Å². The molecule has 0 bridgehead atoms. The Balaban J connectivity index is 1.56. The first-order chi connectivity index (χ1) is 15.0. The molecule has 0 heterocycles. The number of carbonyl (C=O) groups excluding carboxylic acids is 1. The molecule has 3 aromatic rings.